The third kappa shape index (κ3) is 2.18. The highest BCUT2D eigenvalue weighted by Crippen LogP contribution is 2.84. The van der Waals surface area contributed by atoms with Crippen LogP contribution in [-0.4, -0.2) is 95.2 Å². The lowest BCUT2D eigenvalue weighted by Gasteiger charge is -2.47. The number of hydrogen-bond donors (Lipinski definition) is 3. The minimum atomic E-state index is -6.38. The topological polar surface area (TPSA) is 192 Å². The first kappa shape index (κ1) is 26.2. The second-order valence-electron chi connectivity index (χ2n) is 11.8. The molecule has 0 aromatic rings. The maximum absolute atomic E-state index is 13.6. The van der Waals surface area contributed by atoms with Gasteiger partial charge in [-0.15, -0.1) is 0 Å². The summed E-state index contributed by atoms with van der Waals surface area (Å²) in [4.78, 5) is 38.9. The number of aliphatic hydroxyl groups is 3. The third-order valence-electron chi connectivity index (χ3n) is 9.45. The summed E-state index contributed by atoms with van der Waals surface area (Å²) in [7, 11) is -6.38. The van der Waals surface area contributed by atoms with Gasteiger partial charge in [-0.25, -0.2) is 9.59 Å². The number of carbonyl (C=O) groups excluding carboxylic acids is 3. The zero-order valence-electron chi connectivity index (χ0n) is 20.1. The van der Waals surface area contributed by atoms with Crippen molar-refractivity contribution >= 4 is 28.0 Å². The Morgan fingerprint density at radius 3 is 2.13 bits per heavy atom. The summed E-state index contributed by atoms with van der Waals surface area (Å²) in [6, 6.07) is 0. The van der Waals surface area contributed by atoms with E-state index >= 15 is 0 Å². The number of ether oxygens (including phenoxy) is 4. The molecule has 2 saturated carbocycles. The molecule has 0 aromatic heterocycles. The Bertz CT molecular complexity index is 1290. The summed E-state index contributed by atoms with van der Waals surface area (Å²) in [5.74, 6) is -7.11. The molecule has 2 aliphatic carbocycles. The van der Waals surface area contributed by atoms with Crippen LogP contribution < -0.4 is 0 Å². The standard InChI is InChI=1S/C21H23F3O13S/c1-5-12(27)33-11-8(25)18-10-6(37-38(31,32)21(22,23)24)7(16(2,3)4)17(18)9(26)13(28)35-15(17)36-20(18,14(29)34-10)19(5,11)30/h5-11,15,25-26,30H,1-4H3/t5-,6-,7+,8+,9+,10-,11+,15+,17-,18+,19-,20-/m1/s1. The predicted octanol–water partition coefficient (Wildman–Crippen LogP) is -1.52. The number of carbonyl (C=O) groups is 3. The van der Waals surface area contributed by atoms with Crippen LogP contribution in [0.1, 0.15) is 27.7 Å². The molecule has 13 nitrogen and oxygen atoms in total. The number of fused-ring (bicyclic) bond motifs is 1. The van der Waals surface area contributed by atoms with Crippen molar-refractivity contribution in [3.8, 4) is 0 Å². The van der Waals surface area contributed by atoms with Gasteiger partial charge >= 0.3 is 33.5 Å². The summed E-state index contributed by atoms with van der Waals surface area (Å²) in [6.45, 7) is 5.42. The van der Waals surface area contributed by atoms with Gasteiger partial charge in [0.25, 0.3) is 0 Å². The second kappa shape index (κ2) is 6.63. The monoisotopic (exact) mass is 572 g/mol. The van der Waals surface area contributed by atoms with Crippen LogP contribution in [0, 0.1) is 28.1 Å². The number of rotatable bonds is 2. The molecule has 6 fully saturated rings. The van der Waals surface area contributed by atoms with E-state index in [1.54, 1.807) is 0 Å². The molecule has 4 saturated heterocycles. The smallest absolute Gasteiger partial charge is 0.456 e. The van der Waals surface area contributed by atoms with Crippen molar-refractivity contribution in [1.82, 2.24) is 0 Å². The number of halogens is 3. The lowest BCUT2D eigenvalue weighted by Crippen LogP contribution is -2.67. The molecule has 3 N–H and O–H groups in total. The van der Waals surface area contributed by atoms with Crippen molar-refractivity contribution in [1.29, 1.82) is 0 Å². The maximum atomic E-state index is 13.6. The Morgan fingerprint density at radius 1 is 0.974 bits per heavy atom. The van der Waals surface area contributed by atoms with E-state index in [9.17, 15) is 51.3 Å². The molecular formula is C21H23F3O13S. The van der Waals surface area contributed by atoms with Crippen molar-refractivity contribution in [2.24, 2.45) is 28.1 Å². The molecule has 212 valence electrons. The van der Waals surface area contributed by atoms with Crippen LogP contribution in [-0.2, 0) is 47.6 Å². The summed E-state index contributed by atoms with van der Waals surface area (Å²) in [6.07, 6.45) is -12.9. The Kier molecular flexibility index (Phi) is 4.57. The van der Waals surface area contributed by atoms with Gasteiger partial charge in [-0.05, 0) is 12.3 Å². The van der Waals surface area contributed by atoms with Gasteiger partial charge < -0.3 is 34.3 Å². The van der Waals surface area contributed by atoms with Crippen LogP contribution in [0.3, 0.4) is 0 Å². The highest BCUT2D eigenvalue weighted by atomic mass is 32.2. The second-order valence-corrected chi connectivity index (χ2v) is 13.3. The first-order valence-corrected chi connectivity index (χ1v) is 13.0. The van der Waals surface area contributed by atoms with Gasteiger partial charge in [0, 0.05) is 5.92 Å². The molecule has 0 aromatic carbocycles. The predicted molar refractivity (Wildman–Crippen MR) is 107 cm³/mol. The molecule has 4 heterocycles. The van der Waals surface area contributed by atoms with E-state index < -0.39 is 110 Å². The van der Waals surface area contributed by atoms with E-state index in [4.69, 9.17) is 23.1 Å². The van der Waals surface area contributed by atoms with Crippen LogP contribution >= 0.6 is 0 Å². The van der Waals surface area contributed by atoms with Crippen LogP contribution in [0.15, 0.2) is 0 Å². The van der Waals surface area contributed by atoms with Gasteiger partial charge in [-0.3, -0.25) is 8.98 Å². The largest absolute Gasteiger partial charge is 0.523 e. The fraction of sp³-hybridized carbons (Fsp3) is 0.857. The lowest BCUT2D eigenvalue weighted by molar-refractivity contribution is -0.240. The third-order valence-corrected chi connectivity index (χ3v) is 10.5. The molecule has 38 heavy (non-hydrogen) atoms. The zero-order valence-corrected chi connectivity index (χ0v) is 20.9. The fourth-order valence-corrected chi connectivity index (χ4v) is 9.14. The average Bonchev–Trinajstić information content (AvgIpc) is 3.46. The van der Waals surface area contributed by atoms with Crippen LogP contribution in [0.25, 0.3) is 0 Å². The van der Waals surface area contributed by atoms with Crippen molar-refractivity contribution < 1.29 is 74.4 Å². The molecule has 6 rings (SSSR count). The number of alkyl halides is 3. The minimum absolute atomic E-state index is 1.05. The maximum Gasteiger partial charge on any atom is 0.523 e. The number of hydrogen-bond acceptors (Lipinski definition) is 13. The van der Waals surface area contributed by atoms with Gasteiger partial charge in [0.1, 0.15) is 18.3 Å². The fourth-order valence-electron chi connectivity index (χ4n) is 8.53. The van der Waals surface area contributed by atoms with E-state index in [1.165, 1.54) is 20.8 Å². The van der Waals surface area contributed by atoms with Crippen LogP contribution in [0.4, 0.5) is 13.2 Å². The van der Waals surface area contributed by atoms with E-state index in [2.05, 4.69) is 0 Å². The first-order valence-electron chi connectivity index (χ1n) is 11.6. The Hall–Kier alpha value is -2.05. The molecule has 17 heteroatoms. The molecule has 4 aliphatic heterocycles. The van der Waals surface area contributed by atoms with E-state index in [0.717, 1.165) is 6.92 Å². The molecule has 12 atom stereocenters. The van der Waals surface area contributed by atoms with E-state index in [-0.39, 0.29) is 0 Å². The van der Waals surface area contributed by atoms with Gasteiger partial charge in [0.2, 0.25) is 11.9 Å². The van der Waals surface area contributed by atoms with E-state index in [1.807, 2.05) is 0 Å². The molecule has 2 spiro atoms. The van der Waals surface area contributed by atoms with Crippen LogP contribution in [0.5, 0.6) is 0 Å². The van der Waals surface area contributed by atoms with Gasteiger partial charge in [0.05, 0.1) is 16.7 Å². The lowest BCUT2D eigenvalue weighted by atomic mass is 9.51. The van der Waals surface area contributed by atoms with Crippen molar-refractivity contribution in [3.63, 3.8) is 0 Å². The average molecular weight is 572 g/mol. The quantitative estimate of drug-likeness (QED) is 0.150. The molecule has 6 aliphatic rings. The Balaban J connectivity index is 1.71. The highest BCUT2D eigenvalue weighted by molar-refractivity contribution is 7.87. The molecule has 0 radical (unpaired) electrons. The molecule has 0 unspecified atom stereocenters. The first-order chi connectivity index (χ1) is 17.2. The van der Waals surface area contributed by atoms with Crippen molar-refractivity contribution in [2.75, 3.05) is 0 Å². The molecule has 0 bridgehead atoms. The van der Waals surface area contributed by atoms with Crippen molar-refractivity contribution in [2.45, 2.75) is 81.2 Å². The zero-order chi connectivity index (χ0) is 28.4. The minimum Gasteiger partial charge on any atom is -0.456 e. The summed E-state index contributed by atoms with van der Waals surface area (Å²) < 4.78 is 91.4. The summed E-state index contributed by atoms with van der Waals surface area (Å²) in [5.41, 5.74) is -17.8. The highest BCUT2D eigenvalue weighted by Gasteiger charge is 3.05. The van der Waals surface area contributed by atoms with E-state index in [0.29, 0.717) is 0 Å². The SMILES string of the molecule is C[C@@H]1C(=O)O[C@H]2[C@H](O)[C@@]34[C@@H]5OC(=O)[C@]3(O[C@@H]3OC(=O)[C@H](O)[C@]34[C@H](C(C)(C)C)[C@H]5OS(=O)(=O)C(F)(F)F)[C@@]12O. The normalized spacial score (nSPS) is 52.8. The number of esters is 3. The van der Waals surface area contributed by atoms with Crippen molar-refractivity contribution in [3.05, 3.63) is 0 Å². The Morgan fingerprint density at radius 2 is 1.58 bits per heavy atom. The van der Waals surface area contributed by atoms with Crippen LogP contribution in [0.2, 0.25) is 0 Å². The summed E-state index contributed by atoms with van der Waals surface area (Å²) >= 11 is 0. The van der Waals surface area contributed by atoms with Gasteiger partial charge in [0.15, 0.2) is 17.8 Å². The number of aliphatic hydroxyl groups excluding tert-OH is 2. The molecule has 0 amide bonds. The summed E-state index contributed by atoms with van der Waals surface area (Å²) in [5, 5.41) is 35.1. The van der Waals surface area contributed by atoms with Gasteiger partial charge in [-0.2, -0.15) is 21.6 Å². The van der Waals surface area contributed by atoms with Gasteiger partial charge in [-0.1, -0.05) is 20.8 Å². The molecular weight excluding hydrogens is 549 g/mol. The Labute approximate surface area is 212 Å².